The molecule has 0 unspecified atom stereocenters. The summed E-state index contributed by atoms with van der Waals surface area (Å²) in [6, 6.07) is 183. The largest absolute Gasteiger partial charge is 0.310 e. The molecule has 0 saturated heterocycles. The fraction of sp³-hybridized carbons (Fsp3) is 0.00741. The van der Waals surface area contributed by atoms with Gasteiger partial charge in [0.1, 0.15) is 0 Å². The van der Waals surface area contributed by atoms with Crippen LogP contribution >= 0.6 is 0 Å². The third-order valence-electron chi connectivity index (χ3n) is 28.4. The topological polar surface area (TPSA) is 74.5 Å². The number of rotatable bonds is 16. The van der Waals surface area contributed by atoms with Crippen LogP contribution in [0.2, 0.25) is 0 Å². The molecule has 0 bridgehead atoms. The number of hydrogen-bond donors (Lipinski definition) is 0. The van der Waals surface area contributed by atoms with Gasteiger partial charge < -0.3 is 23.2 Å². The van der Waals surface area contributed by atoms with E-state index < -0.39 is 0 Å². The number of para-hydroxylation sites is 8. The van der Waals surface area contributed by atoms with E-state index in [9.17, 15) is 0 Å². The normalized spacial score (nSPS) is 11.6. The maximum Gasteiger partial charge on any atom is 0.0710 e. The van der Waals surface area contributed by atoms with Gasteiger partial charge in [-0.25, -0.2) is 4.98 Å². The van der Waals surface area contributed by atoms with Gasteiger partial charge in [0.15, 0.2) is 0 Å². The molecule has 8 heterocycles. The van der Waals surface area contributed by atoms with Crippen molar-refractivity contribution in [1.29, 1.82) is 0 Å². The third-order valence-corrected chi connectivity index (χ3v) is 28.4. The minimum Gasteiger partial charge on any atom is -0.310 e. The zero-order valence-corrected chi connectivity index (χ0v) is 84.5. The summed E-state index contributed by atoms with van der Waals surface area (Å²) >= 11 is 0. The van der Waals surface area contributed by atoms with Crippen LogP contribution in [0, 0.1) is 0 Å². The molecule has 0 N–H and O–H groups in total. The summed E-state index contributed by atoms with van der Waals surface area (Å²) in [7, 11) is 0. The summed E-state index contributed by atoms with van der Waals surface area (Å²) < 4.78 is 9.48. The average molecular weight is 2120 g/mol. The molecule has 0 aliphatic heterocycles. The first-order valence-electron chi connectivity index (χ1n) is 49.0. The van der Waals surface area contributed by atoms with Gasteiger partial charge in [-0.1, -0.05) is 303 Å². The summed E-state index contributed by atoms with van der Waals surface area (Å²) in [4.78, 5) is 20.6. The molecule has 11 heteroatoms. The van der Waals surface area contributed by atoms with Crippen molar-refractivity contribution in [3.63, 3.8) is 0 Å². The molecule has 0 atom stereocenters. The van der Waals surface area contributed by atoms with Gasteiger partial charge in [0.2, 0.25) is 0 Å². The number of anilines is 3. The molecule has 0 saturated carbocycles. The standard InChI is InChI=1S/C54H36N4.C42H28N2.C39H27N3.Ta.Tc/c1-7-19-49-43(13-1)44-14-2-8-20-50(44)56(49)40-31-25-37(26-32-40)55(38-27-33-41(34-28-38)57-51-21-9-3-15-45(51)46-16-4-10-22-52(46)57)39-29-35-42(36-30-39)58-53-23-11-5-17-47(53)48-18-6-12-24-54(48)58;1-3-20-36-32(16-1)33-17-2-4-21-37(33)42(36)30-14-9-12-28(26-30)38-22-11-23-39(43-38)29-13-10-15-31(27-29)44-40-24-7-5-18-34(40)35-19-6-8-25-41(35)44;1-7-28(34-13-4-16-40-25-34)19-31(10-1)37-22-38(32-11-2-8-29(20-32)35-14-5-17-41-26-35)24-39(23-37)33-12-3-9-30(21-33)36-15-6-18-42-27-36;;/h1-36H;1-27,42H;1-27H;;. The first-order chi connectivity index (χ1) is 71.4. The van der Waals surface area contributed by atoms with E-state index in [-0.39, 0.29) is 48.4 Å². The van der Waals surface area contributed by atoms with E-state index in [2.05, 4.69) is 529 Å². The molecule has 146 heavy (non-hydrogen) atoms. The van der Waals surface area contributed by atoms with E-state index in [1.165, 1.54) is 115 Å². The van der Waals surface area contributed by atoms with E-state index in [1.807, 2.05) is 55.4 Å². The van der Waals surface area contributed by atoms with Crippen molar-refractivity contribution in [3.05, 3.63) is 563 Å². The average Bonchev–Trinajstić information content (AvgIpc) is 1.63. The smallest absolute Gasteiger partial charge is 0.0710 e. The second-order valence-electron chi connectivity index (χ2n) is 36.8. The van der Waals surface area contributed by atoms with Crippen molar-refractivity contribution < 1.29 is 42.5 Å². The van der Waals surface area contributed by atoms with Crippen molar-refractivity contribution in [2.75, 3.05) is 4.90 Å². The second kappa shape index (κ2) is 39.6. The van der Waals surface area contributed by atoms with Gasteiger partial charge in [-0.15, -0.1) is 0 Å². The molecule has 1 aliphatic carbocycles. The zero-order chi connectivity index (χ0) is 95.3. The summed E-state index contributed by atoms with van der Waals surface area (Å²) in [6.45, 7) is 0. The van der Waals surface area contributed by atoms with Crippen LogP contribution in [0.4, 0.5) is 17.1 Å². The Bertz CT molecular complexity index is 8670. The molecule has 1 aliphatic rings. The molecular formula is C135H91N9TaTc. The van der Waals surface area contributed by atoms with Crippen molar-refractivity contribution >= 4 is 104 Å². The Morgan fingerprint density at radius 3 is 0.747 bits per heavy atom. The van der Waals surface area contributed by atoms with Crippen LogP contribution in [-0.4, -0.2) is 38.2 Å². The first-order valence-corrected chi connectivity index (χ1v) is 49.0. The van der Waals surface area contributed by atoms with Gasteiger partial charge in [0.25, 0.3) is 0 Å². The van der Waals surface area contributed by atoms with Crippen LogP contribution in [0.1, 0.15) is 22.6 Å². The Balaban J connectivity index is 0.000000119. The summed E-state index contributed by atoms with van der Waals surface area (Å²) in [5.74, 6) is 0.216. The van der Waals surface area contributed by atoms with Crippen molar-refractivity contribution in [1.82, 2.24) is 38.2 Å². The van der Waals surface area contributed by atoms with Gasteiger partial charge in [-0.2, -0.15) is 0 Å². The minimum atomic E-state index is 0. The maximum atomic E-state index is 5.21. The summed E-state index contributed by atoms with van der Waals surface area (Å²) in [5, 5.41) is 10.1. The van der Waals surface area contributed by atoms with Crippen LogP contribution in [0.3, 0.4) is 0 Å². The van der Waals surface area contributed by atoms with Gasteiger partial charge in [0.05, 0.1) is 55.5 Å². The van der Waals surface area contributed by atoms with Gasteiger partial charge >= 0.3 is 0 Å². The number of aromatic nitrogens is 8. The van der Waals surface area contributed by atoms with Crippen LogP contribution < -0.4 is 4.90 Å². The monoisotopic (exact) mass is 2120 g/mol. The molecule has 688 valence electrons. The summed E-state index contributed by atoms with van der Waals surface area (Å²) in [6.07, 6.45) is 11.2. The van der Waals surface area contributed by atoms with E-state index >= 15 is 0 Å². The number of benzene rings is 19. The van der Waals surface area contributed by atoms with E-state index in [0.29, 0.717) is 0 Å². The second-order valence-corrected chi connectivity index (χ2v) is 36.8. The van der Waals surface area contributed by atoms with Crippen molar-refractivity contribution in [2.45, 2.75) is 5.92 Å². The number of fused-ring (bicyclic) bond motifs is 15. The van der Waals surface area contributed by atoms with E-state index in [1.54, 1.807) is 0 Å². The van der Waals surface area contributed by atoms with Gasteiger partial charge in [-0.05, 0) is 284 Å². The Labute approximate surface area is 875 Å². The van der Waals surface area contributed by atoms with E-state index in [4.69, 9.17) is 4.98 Å². The fourth-order valence-electron chi connectivity index (χ4n) is 21.8. The molecule has 8 aromatic heterocycles. The van der Waals surface area contributed by atoms with Gasteiger partial charge in [-0.3, -0.25) is 15.0 Å². The molecule has 28 rings (SSSR count). The predicted molar refractivity (Wildman–Crippen MR) is 599 cm³/mol. The third kappa shape index (κ3) is 16.9. The molecule has 27 aromatic rings. The molecule has 0 spiro atoms. The SMILES string of the molecule is [Ta].[Tc].c1cc(-c2cccc(-c3cccc(-n4c5ccccc5c5ccccc54)c3)n2)cc(C2c3ccccc3-c3ccccc32)c1.c1ccc2c(c1)c1ccccc1n2-c1ccc(N(c2ccc(-n3c4ccccc4c4ccccc43)cc2)c2ccc(-n3c4ccccc4c4ccccc43)cc2)cc1.c1cncc(-c2cccc(-c3cc(-c4cccc(-c5cccnc5)c4)cc(-c4cccc(-c5cccnc5)c4)c3)c2)c1. The molecule has 0 amide bonds. The Morgan fingerprint density at radius 1 is 0.185 bits per heavy atom. The van der Waals surface area contributed by atoms with E-state index in [0.717, 1.165) is 129 Å². The molecule has 19 aromatic carbocycles. The Kier molecular flexibility index (Phi) is 24.6. The van der Waals surface area contributed by atoms with Crippen LogP contribution in [0.25, 0.3) is 210 Å². The fourth-order valence-corrected chi connectivity index (χ4v) is 21.8. The number of pyridine rings is 4. The van der Waals surface area contributed by atoms with Crippen molar-refractivity contribution in [2.24, 2.45) is 0 Å². The number of nitrogens with zero attached hydrogens (tertiary/aromatic N) is 9. The maximum absolute atomic E-state index is 5.21. The molecule has 9 nitrogen and oxygen atoms in total. The van der Waals surface area contributed by atoms with Crippen LogP contribution in [-0.2, 0) is 42.5 Å². The Hall–Kier alpha value is -17.8. The van der Waals surface area contributed by atoms with Crippen molar-refractivity contribution in [3.8, 4) is 123 Å². The van der Waals surface area contributed by atoms with Crippen LogP contribution in [0.15, 0.2) is 547 Å². The van der Waals surface area contributed by atoms with Gasteiger partial charge in [0, 0.05) is 196 Å². The zero-order valence-electron chi connectivity index (χ0n) is 79.4. The summed E-state index contributed by atoms with van der Waals surface area (Å²) in [5.41, 5.74) is 42.0. The predicted octanol–water partition coefficient (Wildman–Crippen LogP) is 35.0. The number of hydrogen-bond acceptors (Lipinski definition) is 5. The van der Waals surface area contributed by atoms with Crippen LogP contribution in [0.5, 0.6) is 0 Å². The Morgan fingerprint density at radius 2 is 0.432 bits per heavy atom. The quantitative estimate of drug-likeness (QED) is 0.0964. The first kappa shape index (κ1) is 90.7. The minimum absolute atomic E-state index is 0. The molecular weight excluding hydrogens is 2030 g/mol. The molecule has 2 radical (unpaired) electrons. The molecule has 0 fully saturated rings.